The van der Waals surface area contributed by atoms with Gasteiger partial charge in [0.1, 0.15) is 0 Å². The summed E-state index contributed by atoms with van der Waals surface area (Å²) in [5.74, 6) is 0.622. The Bertz CT molecular complexity index is 1040. The Morgan fingerprint density at radius 3 is 2.48 bits per heavy atom. The minimum atomic E-state index is 0.276. The van der Waals surface area contributed by atoms with E-state index in [1.807, 2.05) is 38.1 Å². The van der Waals surface area contributed by atoms with Gasteiger partial charge in [-0.3, -0.25) is 4.98 Å². The average molecular weight is 422 g/mol. The molecule has 1 aromatic carbocycles. The lowest BCUT2D eigenvalue weighted by Gasteiger charge is -2.20. The molecule has 7 nitrogen and oxygen atoms in total. The van der Waals surface area contributed by atoms with Crippen LogP contribution < -0.4 is 16.8 Å². The lowest BCUT2D eigenvalue weighted by molar-refractivity contribution is 0.295. The maximum absolute atomic E-state index is 6.56. The van der Waals surface area contributed by atoms with Crippen LogP contribution in [0.4, 0.5) is 17.3 Å². The molecule has 0 saturated carbocycles. The van der Waals surface area contributed by atoms with Crippen molar-refractivity contribution in [3.05, 3.63) is 35.7 Å². The fraction of sp³-hybridized carbons (Fsp3) is 0.458. The van der Waals surface area contributed by atoms with E-state index in [4.69, 9.17) is 21.4 Å². The zero-order chi connectivity index (χ0) is 22.5. The molecule has 0 aliphatic carbocycles. The predicted molar refractivity (Wildman–Crippen MR) is 131 cm³/mol. The van der Waals surface area contributed by atoms with Crippen molar-refractivity contribution in [1.29, 1.82) is 0 Å². The predicted octanol–water partition coefficient (Wildman–Crippen LogP) is 4.40. The second-order valence-electron chi connectivity index (χ2n) is 8.20. The summed E-state index contributed by atoms with van der Waals surface area (Å²) in [5, 5.41) is 4.31. The number of nitrogens with zero attached hydrogens (tertiary/aromatic N) is 4. The van der Waals surface area contributed by atoms with Gasteiger partial charge in [0, 0.05) is 34.1 Å². The van der Waals surface area contributed by atoms with Crippen LogP contribution in [0.25, 0.3) is 22.2 Å². The van der Waals surface area contributed by atoms with Gasteiger partial charge in [-0.25, -0.2) is 9.97 Å². The standard InChI is InChI=1S/C24H35N7/c1-6-31(7-2)12-8-9-15(3)27-24-28-16(4)13-21(30-24)22-17(5)29-20-11-10-18(25)14-19(20)23(22)26/h10-11,13-15H,6-9,12,25H2,1-5H3,(H2,26,29)(H,27,28,30). The molecule has 5 N–H and O–H groups in total. The Kier molecular flexibility index (Phi) is 7.28. The number of fused-ring (bicyclic) bond motifs is 1. The van der Waals surface area contributed by atoms with Crippen molar-refractivity contribution in [2.45, 2.75) is 53.5 Å². The number of hydrogen-bond acceptors (Lipinski definition) is 7. The van der Waals surface area contributed by atoms with Crippen molar-refractivity contribution in [3.8, 4) is 11.3 Å². The third-order valence-corrected chi connectivity index (χ3v) is 5.72. The number of hydrogen-bond donors (Lipinski definition) is 3. The smallest absolute Gasteiger partial charge is 0.223 e. The maximum atomic E-state index is 6.56. The van der Waals surface area contributed by atoms with Gasteiger partial charge in [0.2, 0.25) is 5.95 Å². The van der Waals surface area contributed by atoms with E-state index >= 15 is 0 Å². The van der Waals surface area contributed by atoms with E-state index in [-0.39, 0.29) is 6.04 Å². The lowest BCUT2D eigenvalue weighted by Crippen LogP contribution is -2.26. The van der Waals surface area contributed by atoms with Gasteiger partial charge in [-0.2, -0.15) is 0 Å². The Balaban J connectivity index is 1.84. The van der Waals surface area contributed by atoms with Crippen LogP contribution in [0.15, 0.2) is 24.3 Å². The van der Waals surface area contributed by atoms with Gasteiger partial charge < -0.3 is 21.7 Å². The third kappa shape index (κ3) is 5.41. The summed E-state index contributed by atoms with van der Waals surface area (Å²) in [6.45, 7) is 13.8. The van der Waals surface area contributed by atoms with Gasteiger partial charge >= 0.3 is 0 Å². The molecule has 2 heterocycles. The third-order valence-electron chi connectivity index (χ3n) is 5.72. The maximum Gasteiger partial charge on any atom is 0.223 e. The van der Waals surface area contributed by atoms with Crippen molar-refractivity contribution in [2.24, 2.45) is 0 Å². The van der Waals surface area contributed by atoms with Gasteiger partial charge in [0.15, 0.2) is 0 Å². The first kappa shape index (κ1) is 22.7. The number of aromatic nitrogens is 3. The van der Waals surface area contributed by atoms with Crippen LogP contribution in [0.3, 0.4) is 0 Å². The zero-order valence-corrected chi connectivity index (χ0v) is 19.4. The second kappa shape index (κ2) is 9.92. The Hall–Kier alpha value is -2.93. The van der Waals surface area contributed by atoms with Crippen LogP contribution in [0, 0.1) is 13.8 Å². The van der Waals surface area contributed by atoms with Crippen molar-refractivity contribution >= 4 is 28.2 Å². The number of anilines is 3. The van der Waals surface area contributed by atoms with E-state index in [1.54, 1.807) is 0 Å². The first-order valence-electron chi connectivity index (χ1n) is 11.1. The molecule has 0 aliphatic heterocycles. The molecular formula is C24H35N7. The van der Waals surface area contributed by atoms with E-state index in [1.165, 1.54) is 0 Å². The van der Waals surface area contributed by atoms with E-state index in [2.05, 4.69) is 36.0 Å². The van der Waals surface area contributed by atoms with Crippen LogP contribution in [0.5, 0.6) is 0 Å². The highest BCUT2D eigenvalue weighted by Crippen LogP contribution is 2.34. The SMILES string of the molecule is CCN(CC)CCCC(C)Nc1nc(C)cc(-c2c(C)nc3ccc(N)cc3c2N)n1. The molecule has 3 aromatic rings. The molecule has 0 aliphatic rings. The van der Waals surface area contributed by atoms with E-state index in [0.717, 1.165) is 66.0 Å². The van der Waals surface area contributed by atoms with Crippen LogP contribution >= 0.6 is 0 Å². The van der Waals surface area contributed by atoms with Crippen molar-refractivity contribution < 1.29 is 0 Å². The molecule has 0 saturated heterocycles. The van der Waals surface area contributed by atoms with Crippen LogP contribution in [0.2, 0.25) is 0 Å². The van der Waals surface area contributed by atoms with Gasteiger partial charge in [0.05, 0.1) is 16.9 Å². The average Bonchev–Trinajstić information content (AvgIpc) is 2.71. The van der Waals surface area contributed by atoms with Crippen molar-refractivity contribution in [2.75, 3.05) is 36.4 Å². The molecule has 7 heteroatoms. The molecule has 1 unspecified atom stereocenters. The van der Waals surface area contributed by atoms with Gasteiger partial charge in [0.25, 0.3) is 0 Å². The first-order valence-corrected chi connectivity index (χ1v) is 11.1. The molecule has 166 valence electrons. The number of benzene rings is 1. The van der Waals surface area contributed by atoms with Crippen molar-refractivity contribution in [3.63, 3.8) is 0 Å². The Morgan fingerprint density at radius 1 is 1.03 bits per heavy atom. The number of nitrogen functional groups attached to an aromatic ring is 2. The zero-order valence-electron chi connectivity index (χ0n) is 19.4. The molecule has 1 atom stereocenters. The van der Waals surface area contributed by atoms with E-state index in [0.29, 0.717) is 17.3 Å². The summed E-state index contributed by atoms with van der Waals surface area (Å²) in [6, 6.07) is 7.83. The van der Waals surface area contributed by atoms with Crippen LogP contribution in [0.1, 0.15) is 45.0 Å². The summed E-state index contributed by atoms with van der Waals surface area (Å²) in [6.07, 6.45) is 2.19. The molecule has 0 fully saturated rings. The molecule has 0 bridgehead atoms. The molecule has 0 spiro atoms. The van der Waals surface area contributed by atoms with Crippen molar-refractivity contribution in [1.82, 2.24) is 19.9 Å². The normalized spacial score (nSPS) is 12.5. The molecule has 2 aromatic heterocycles. The van der Waals surface area contributed by atoms with E-state index < -0.39 is 0 Å². The summed E-state index contributed by atoms with van der Waals surface area (Å²) in [5.41, 5.74) is 18.0. The summed E-state index contributed by atoms with van der Waals surface area (Å²) in [7, 11) is 0. The number of rotatable bonds is 9. The lowest BCUT2D eigenvalue weighted by atomic mass is 10.0. The Labute approximate surface area is 185 Å². The van der Waals surface area contributed by atoms with Crippen LogP contribution in [-0.4, -0.2) is 45.5 Å². The molecular weight excluding hydrogens is 386 g/mol. The highest BCUT2D eigenvalue weighted by atomic mass is 15.1. The number of nitrogens with one attached hydrogen (secondary N) is 1. The summed E-state index contributed by atoms with van der Waals surface area (Å²) < 4.78 is 0. The second-order valence-corrected chi connectivity index (χ2v) is 8.20. The largest absolute Gasteiger partial charge is 0.399 e. The number of pyridine rings is 1. The minimum absolute atomic E-state index is 0.276. The topological polar surface area (TPSA) is 106 Å². The summed E-state index contributed by atoms with van der Waals surface area (Å²) in [4.78, 5) is 16.6. The molecule has 31 heavy (non-hydrogen) atoms. The number of aryl methyl sites for hydroxylation is 2. The minimum Gasteiger partial charge on any atom is -0.399 e. The first-order chi connectivity index (χ1) is 14.8. The summed E-state index contributed by atoms with van der Waals surface area (Å²) >= 11 is 0. The molecule has 3 rings (SSSR count). The quantitative estimate of drug-likeness (QED) is 0.440. The van der Waals surface area contributed by atoms with Crippen LogP contribution in [-0.2, 0) is 0 Å². The highest BCUT2D eigenvalue weighted by molar-refractivity contribution is 6.00. The van der Waals surface area contributed by atoms with E-state index in [9.17, 15) is 0 Å². The fourth-order valence-corrected chi connectivity index (χ4v) is 3.97. The van der Waals surface area contributed by atoms with Gasteiger partial charge in [-0.15, -0.1) is 0 Å². The highest BCUT2D eigenvalue weighted by Gasteiger charge is 2.16. The number of nitrogens with two attached hydrogens (primary N) is 2. The molecule has 0 amide bonds. The monoisotopic (exact) mass is 421 g/mol. The van der Waals surface area contributed by atoms with Gasteiger partial charge in [-0.05, 0) is 77.5 Å². The molecule has 0 radical (unpaired) electrons. The Morgan fingerprint density at radius 2 is 1.77 bits per heavy atom. The van der Waals surface area contributed by atoms with Gasteiger partial charge in [-0.1, -0.05) is 13.8 Å². The fourth-order valence-electron chi connectivity index (χ4n) is 3.97.